The molecule has 0 aromatic heterocycles. The highest BCUT2D eigenvalue weighted by atomic mass is 32.2. The second kappa shape index (κ2) is 6.54. The first kappa shape index (κ1) is 13.0. The molecule has 0 heterocycles. The molecule has 1 atom stereocenters. The fourth-order valence-electron chi connectivity index (χ4n) is 2.15. The van der Waals surface area contributed by atoms with Gasteiger partial charge < -0.3 is 0 Å². The normalized spacial score (nSPS) is 19.7. The number of carbonyl (C=O) groups excluding carboxylic acids is 1. The summed E-state index contributed by atoms with van der Waals surface area (Å²) in [5, 5.41) is 0. The van der Waals surface area contributed by atoms with Crippen LogP contribution in [0, 0.1) is 5.92 Å². The Balaban J connectivity index is 2.29. The predicted molar refractivity (Wildman–Crippen MR) is 67.4 cm³/mol. The standard InChI is InChI=1S/C12H23NOS/c1-10(9-15-3)13(2)8-12(14)11-6-4-5-7-11/h10-11H,4-9H2,1-3H3. The van der Waals surface area contributed by atoms with Crippen LogP contribution in [0.5, 0.6) is 0 Å². The van der Waals surface area contributed by atoms with Gasteiger partial charge in [0, 0.05) is 17.7 Å². The van der Waals surface area contributed by atoms with E-state index in [2.05, 4.69) is 25.1 Å². The summed E-state index contributed by atoms with van der Waals surface area (Å²) < 4.78 is 0. The van der Waals surface area contributed by atoms with Gasteiger partial charge in [0.15, 0.2) is 0 Å². The van der Waals surface area contributed by atoms with Crippen molar-refractivity contribution in [1.82, 2.24) is 4.90 Å². The fourth-order valence-corrected chi connectivity index (χ4v) is 2.88. The predicted octanol–water partition coefficient (Wildman–Crippen LogP) is 2.43. The molecule has 0 amide bonds. The van der Waals surface area contributed by atoms with Crippen molar-refractivity contribution in [3.63, 3.8) is 0 Å². The smallest absolute Gasteiger partial charge is 0.149 e. The van der Waals surface area contributed by atoms with Crippen LogP contribution in [0.4, 0.5) is 0 Å². The largest absolute Gasteiger partial charge is 0.298 e. The summed E-state index contributed by atoms with van der Waals surface area (Å²) >= 11 is 1.84. The molecular formula is C12H23NOS. The Kier molecular flexibility index (Phi) is 5.69. The van der Waals surface area contributed by atoms with Gasteiger partial charge in [-0.2, -0.15) is 11.8 Å². The number of rotatable bonds is 6. The molecule has 1 unspecified atom stereocenters. The highest BCUT2D eigenvalue weighted by Crippen LogP contribution is 2.25. The van der Waals surface area contributed by atoms with Crippen LogP contribution in [0.2, 0.25) is 0 Å². The van der Waals surface area contributed by atoms with Crippen LogP contribution in [0.25, 0.3) is 0 Å². The molecule has 0 N–H and O–H groups in total. The van der Waals surface area contributed by atoms with Gasteiger partial charge >= 0.3 is 0 Å². The molecule has 1 aliphatic rings. The third kappa shape index (κ3) is 4.15. The maximum Gasteiger partial charge on any atom is 0.149 e. The molecule has 1 rings (SSSR count). The molecule has 0 radical (unpaired) electrons. The lowest BCUT2D eigenvalue weighted by molar-refractivity contribution is -0.123. The van der Waals surface area contributed by atoms with Gasteiger partial charge in [-0.3, -0.25) is 9.69 Å². The Morgan fingerprint density at radius 1 is 1.47 bits per heavy atom. The van der Waals surface area contributed by atoms with Gasteiger partial charge in [0.05, 0.1) is 6.54 Å². The summed E-state index contributed by atoms with van der Waals surface area (Å²) in [6.07, 6.45) is 6.87. The Morgan fingerprint density at radius 3 is 2.60 bits per heavy atom. The molecule has 1 aliphatic carbocycles. The summed E-state index contributed by atoms with van der Waals surface area (Å²) in [6.45, 7) is 2.84. The number of carbonyl (C=O) groups is 1. The van der Waals surface area contributed by atoms with E-state index < -0.39 is 0 Å². The van der Waals surface area contributed by atoms with E-state index in [4.69, 9.17) is 0 Å². The maximum absolute atomic E-state index is 11.9. The van der Waals surface area contributed by atoms with Gasteiger partial charge in [-0.1, -0.05) is 12.8 Å². The first-order chi connectivity index (χ1) is 7.15. The van der Waals surface area contributed by atoms with Crippen molar-refractivity contribution in [3.8, 4) is 0 Å². The summed E-state index contributed by atoms with van der Waals surface area (Å²) in [5.74, 6) is 1.94. The van der Waals surface area contributed by atoms with Crippen LogP contribution in [0.3, 0.4) is 0 Å². The third-order valence-corrected chi connectivity index (χ3v) is 4.19. The zero-order valence-corrected chi connectivity index (χ0v) is 11.0. The zero-order valence-electron chi connectivity index (χ0n) is 10.2. The Labute approximate surface area is 97.8 Å². The molecule has 0 saturated heterocycles. The zero-order chi connectivity index (χ0) is 11.3. The molecule has 3 heteroatoms. The monoisotopic (exact) mass is 229 g/mol. The second-order valence-corrected chi connectivity index (χ2v) is 5.58. The average molecular weight is 229 g/mol. The number of ketones is 1. The summed E-state index contributed by atoms with van der Waals surface area (Å²) in [7, 11) is 2.06. The number of nitrogens with zero attached hydrogens (tertiary/aromatic N) is 1. The topological polar surface area (TPSA) is 20.3 Å². The van der Waals surface area contributed by atoms with E-state index in [0.717, 1.165) is 18.6 Å². The molecule has 0 bridgehead atoms. The summed E-state index contributed by atoms with van der Waals surface area (Å²) in [6, 6.07) is 0.505. The molecule has 0 aromatic carbocycles. The lowest BCUT2D eigenvalue weighted by atomic mass is 10.0. The van der Waals surface area contributed by atoms with Crippen molar-refractivity contribution in [2.24, 2.45) is 5.92 Å². The van der Waals surface area contributed by atoms with Crippen LogP contribution in [-0.4, -0.2) is 42.3 Å². The Morgan fingerprint density at radius 2 is 2.07 bits per heavy atom. The van der Waals surface area contributed by atoms with Crippen LogP contribution < -0.4 is 0 Å². The van der Waals surface area contributed by atoms with Crippen molar-refractivity contribution >= 4 is 17.5 Å². The van der Waals surface area contributed by atoms with Crippen LogP contribution in [-0.2, 0) is 4.79 Å². The van der Waals surface area contributed by atoms with Crippen molar-refractivity contribution in [1.29, 1.82) is 0 Å². The molecule has 0 aliphatic heterocycles. The number of Topliss-reactive ketones (excluding diaryl/α,β-unsaturated/α-hetero) is 1. The molecule has 2 nitrogen and oxygen atoms in total. The minimum absolute atomic E-state index is 0.369. The van der Waals surface area contributed by atoms with Gasteiger partial charge in [0.2, 0.25) is 0 Å². The van der Waals surface area contributed by atoms with Crippen LogP contribution in [0.1, 0.15) is 32.6 Å². The summed E-state index contributed by atoms with van der Waals surface area (Å²) in [5.41, 5.74) is 0. The van der Waals surface area contributed by atoms with Crippen molar-refractivity contribution in [2.75, 3.05) is 25.6 Å². The minimum atomic E-state index is 0.369. The van der Waals surface area contributed by atoms with E-state index in [-0.39, 0.29) is 0 Å². The average Bonchev–Trinajstić information content (AvgIpc) is 2.70. The van der Waals surface area contributed by atoms with E-state index in [1.165, 1.54) is 12.8 Å². The quantitative estimate of drug-likeness (QED) is 0.698. The van der Waals surface area contributed by atoms with Crippen LogP contribution >= 0.6 is 11.8 Å². The van der Waals surface area contributed by atoms with Crippen molar-refractivity contribution in [3.05, 3.63) is 0 Å². The Bertz CT molecular complexity index is 202. The molecule has 0 aromatic rings. The number of hydrogen-bond acceptors (Lipinski definition) is 3. The second-order valence-electron chi connectivity index (χ2n) is 4.67. The van der Waals surface area contributed by atoms with Gasteiger partial charge in [0.1, 0.15) is 5.78 Å². The van der Waals surface area contributed by atoms with Gasteiger partial charge in [-0.15, -0.1) is 0 Å². The maximum atomic E-state index is 11.9. The number of likely N-dealkylation sites (N-methyl/N-ethyl adjacent to an activating group) is 1. The SMILES string of the molecule is CSCC(C)N(C)CC(=O)C1CCCC1. The number of thioether (sulfide) groups is 1. The third-order valence-electron chi connectivity index (χ3n) is 3.38. The van der Waals surface area contributed by atoms with Crippen LogP contribution in [0.15, 0.2) is 0 Å². The van der Waals surface area contributed by atoms with Gasteiger partial charge in [-0.25, -0.2) is 0 Å². The van der Waals surface area contributed by atoms with Gasteiger partial charge in [-0.05, 0) is 33.1 Å². The molecular weight excluding hydrogens is 206 g/mol. The van der Waals surface area contributed by atoms with E-state index in [0.29, 0.717) is 24.3 Å². The Hall–Kier alpha value is -0.0200. The first-order valence-corrected chi connectivity index (χ1v) is 7.26. The van der Waals surface area contributed by atoms with Crippen molar-refractivity contribution < 1.29 is 4.79 Å². The molecule has 15 heavy (non-hydrogen) atoms. The lowest BCUT2D eigenvalue weighted by Gasteiger charge is -2.24. The van der Waals surface area contributed by atoms with E-state index in [9.17, 15) is 4.79 Å². The van der Waals surface area contributed by atoms with E-state index in [1.807, 2.05) is 11.8 Å². The van der Waals surface area contributed by atoms with Crippen molar-refractivity contribution in [2.45, 2.75) is 38.6 Å². The summed E-state index contributed by atoms with van der Waals surface area (Å²) in [4.78, 5) is 14.1. The molecule has 88 valence electrons. The van der Waals surface area contributed by atoms with E-state index in [1.54, 1.807) is 0 Å². The fraction of sp³-hybridized carbons (Fsp3) is 0.917. The van der Waals surface area contributed by atoms with Gasteiger partial charge in [0.25, 0.3) is 0 Å². The first-order valence-electron chi connectivity index (χ1n) is 5.87. The lowest BCUT2D eigenvalue weighted by Crippen LogP contribution is -2.37. The minimum Gasteiger partial charge on any atom is -0.298 e. The van der Waals surface area contributed by atoms with E-state index >= 15 is 0 Å². The molecule has 1 saturated carbocycles. The highest BCUT2D eigenvalue weighted by Gasteiger charge is 2.24. The highest BCUT2D eigenvalue weighted by molar-refractivity contribution is 7.98. The molecule has 0 spiro atoms. The molecule has 1 fully saturated rings. The number of hydrogen-bond donors (Lipinski definition) is 0.